The standard InChI is InChI=1S/C19H24ClNO3/c1-2-24-19(23)16-9-12-21(13-10-16)14-11-18(22)8-5-15-3-6-17(20)7-4-15/h3-8,16H,2,9-14H2,1H3/b8-5+. The van der Waals surface area contributed by atoms with Crippen molar-refractivity contribution in [2.45, 2.75) is 26.2 Å². The van der Waals surface area contributed by atoms with Gasteiger partial charge >= 0.3 is 5.97 Å². The molecule has 0 radical (unpaired) electrons. The van der Waals surface area contributed by atoms with E-state index in [2.05, 4.69) is 4.90 Å². The lowest BCUT2D eigenvalue weighted by atomic mass is 9.97. The topological polar surface area (TPSA) is 46.6 Å². The van der Waals surface area contributed by atoms with Crippen molar-refractivity contribution in [3.8, 4) is 0 Å². The van der Waals surface area contributed by atoms with Crippen LogP contribution in [-0.4, -0.2) is 42.9 Å². The molecule has 0 aromatic heterocycles. The highest BCUT2D eigenvalue weighted by atomic mass is 35.5. The zero-order valence-electron chi connectivity index (χ0n) is 14.0. The average molecular weight is 350 g/mol. The Labute approximate surface area is 148 Å². The largest absolute Gasteiger partial charge is 0.466 e. The highest BCUT2D eigenvalue weighted by Gasteiger charge is 2.25. The third kappa shape index (κ3) is 6.10. The quantitative estimate of drug-likeness (QED) is 0.557. The van der Waals surface area contributed by atoms with E-state index in [1.807, 2.05) is 25.1 Å². The second-order valence-electron chi connectivity index (χ2n) is 5.97. The summed E-state index contributed by atoms with van der Waals surface area (Å²) in [7, 11) is 0. The molecule has 1 aliphatic rings. The summed E-state index contributed by atoms with van der Waals surface area (Å²) >= 11 is 5.83. The van der Waals surface area contributed by atoms with Crippen LogP contribution in [0.4, 0.5) is 0 Å². The van der Waals surface area contributed by atoms with Crippen LogP contribution in [0.3, 0.4) is 0 Å². The average Bonchev–Trinajstić information content (AvgIpc) is 2.60. The van der Waals surface area contributed by atoms with Crippen molar-refractivity contribution < 1.29 is 14.3 Å². The van der Waals surface area contributed by atoms with Crippen LogP contribution < -0.4 is 0 Å². The van der Waals surface area contributed by atoms with E-state index < -0.39 is 0 Å². The molecule has 1 aromatic carbocycles. The molecule has 0 spiro atoms. The van der Waals surface area contributed by atoms with Gasteiger partial charge in [0.1, 0.15) is 0 Å². The molecule has 0 atom stereocenters. The number of likely N-dealkylation sites (tertiary alicyclic amines) is 1. The van der Waals surface area contributed by atoms with E-state index in [1.54, 1.807) is 18.2 Å². The fourth-order valence-corrected chi connectivity index (χ4v) is 2.89. The smallest absolute Gasteiger partial charge is 0.309 e. The lowest BCUT2D eigenvalue weighted by molar-refractivity contribution is -0.149. The Morgan fingerprint density at radius 2 is 1.92 bits per heavy atom. The molecule has 0 bridgehead atoms. The van der Waals surface area contributed by atoms with Crippen LogP contribution in [0.15, 0.2) is 30.3 Å². The van der Waals surface area contributed by atoms with E-state index in [4.69, 9.17) is 16.3 Å². The number of esters is 1. The Balaban J connectivity index is 1.69. The molecule has 1 aromatic rings. The highest BCUT2D eigenvalue weighted by molar-refractivity contribution is 6.30. The van der Waals surface area contributed by atoms with Crippen LogP contribution in [-0.2, 0) is 14.3 Å². The number of halogens is 1. The maximum atomic E-state index is 12.0. The maximum absolute atomic E-state index is 12.0. The fourth-order valence-electron chi connectivity index (χ4n) is 2.77. The van der Waals surface area contributed by atoms with E-state index in [9.17, 15) is 9.59 Å². The first kappa shape index (κ1) is 18.7. The van der Waals surface area contributed by atoms with Gasteiger partial charge in [-0.2, -0.15) is 0 Å². The van der Waals surface area contributed by atoms with Crippen molar-refractivity contribution in [2.75, 3.05) is 26.2 Å². The lowest BCUT2D eigenvalue weighted by Crippen LogP contribution is -2.37. The van der Waals surface area contributed by atoms with E-state index in [0.29, 0.717) is 18.1 Å². The molecule has 0 aliphatic carbocycles. The first-order valence-corrected chi connectivity index (χ1v) is 8.81. The first-order valence-electron chi connectivity index (χ1n) is 8.44. The summed E-state index contributed by atoms with van der Waals surface area (Å²) in [5.74, 6) is 0.0401. The van der Waals surface area contributed by atoms with Crippen molar-refractivity contribution >= 4 is 29.4 Å². The zero-order chi connectivity index (χ0) is 17.4. The summed E-state index contributed by atoms with van der Waals surface area (Å²) in [5.41, 5.74) is 0.961. The predicted molar refractivity (Wildman–Crippen MR) is 95.9 cm³/mol. The van der Waals surface area contributed by atoms with Gasteiger partial charge < -0.3 is 9.64 Å². The summed E-state index contributed by atoms with van der Waals surface area (Å²) in [6, 6.07) is 7.37. The van der Waals surface area contributed by atoms with Gasteiger partial charge in [-0.1, -0.05) is 29.8 Å². The SMILES string of the molecule is CCOC(=O)C1CCN(CCC(=O)/C=C/c2ccc(Cl)cc2)CC1. The van der Waals surface area contributed by atoms with Crippen molar-refractivity contribution in [1.82, 2.24) is 4.90 Å². The van der Waals surface area contributed by atoms with E-state index in [-0.39, 0.29) is 17.7 Å². The van der Waals surface area contributed by atoms with Crippen molar-refractivity contribution in [3.05, 3.63) is 40.9 Å². The Morgan fingerprint density at radius 1 is 1.25 bits per heavy atom. The van der Waals surface area contributed by atoms with Gasteiger partial charge in [0.15, 0.2) is 5.78 Å². The van der Waals surface area contributed by atoms with Gasteiger partial charge in [0, 0.05) is 18.0 Å². The summed E-state index contributed by atoms with van der Waals surface area (Å²) in [6.45, 7) is 4.69. The number of rotatable bonds is 7. The number of ketones is 1. The molecule has 5 heteroatoms. The number of benzene rings is 1. The number of piperidine rings is 1. The Morgan fingerprint density at radius 3 is 2.54 bits per heavy atom. The molecule has 1 heterocycles. The summed E-state index contributed by atoms with van der Waals surface area (Å²) in [4.78, 5) is 25.9. The van der Waals surface area contributed by atoms with Gasteiger partial charge in [0.2, 0.25) is 0 Å². The number of nitrogens with zero attached hydrogens (tertiary/aromatic N) is 1. The third-order valence-electron chi connectivity index (χ3n) is 4.21. The third-order valence-corrected chi connectivity index (χ3v) is 4.47. The molecule has 1 fully saturated rings. The molecule has 0 unspecified atom stereocenters. The van der Waals surface area contributed by atoms with Crippen LogP contribution in [0.2, 0.25) is 5.02 Å². The molecular formula is C19H24ClNO3. The van der Waals surface area contributed by atoms with E-state index in [0.717, 1.165) is 38.0 Å². The molecule has 4 nitrogen and oxygen atoms in total. The number of hydrogen-bond acceptors (Lipinski definition) is 4. The minimum Gasteiger partial charge on any atom is -0.466 e. The first-order chi connectivity index (χ1) is 11.6. The minimum atomic E-state index is -0.0841. The van der Waals surface area contributed by atoms with Crippen LogP contribution in [0.5, 0.6) is 0 Å². The summed E-state index contributed by atoms with van der Waals surface area (Å²) in [5, 5.41) is 0.685. The van der Waals surface area contributed by atoms with Crippen molar-refractivity contribution in [2.24, 2.45) is 5.92 Å². The molecule has 2 rings (SSSR count). The number of hydrogen-bond donors (Lipinski definition) is 0. The normalized spacial score (nSPS) is 16.4. The number of ether oxygens (including phenoxy) is 1. The maximum Gasteiger partial charge on any atom is 0.309 e. The molecule has 1 aliphatic heterocycles. The number of allylic oxidation sites excluding steroid dienone is 1. The van der Waals surface area contributed by atoms with Crippen LogP contribution in [0, 0.1) is 5.92 Å². The molecule has 130 valence electrons. The Bertz CT molecular complexity index is 575. The van der Waals surface area contributed by atoms with E-state index in [1.165, 1.54) is 0 Å². The number of carbonyl (C=O) groups is 2. The highest BCUT2D eigenvalue weighted by Crippen LogP contribution is 2.19. The second-order valence-corrected chi connectivity index (χ2v) is 6.41. The second kappa shape index (κ2) is 9.60. The zero-order valence-corrected chi connectivity index (χ0v) is 14.8. The molecule has 0 N–H and O–H groups in total. The summed E-state index contributed by atoms with van der Waals surface area (Å²) < 4.78 is 5.07. The Kier molecular flexibility index (Phi) is 7.47. The molecule has 1 saturated heterocycles. The predicted octanol–water partition coefficient (Wildman–Crippen LogP) is 3.59. The Hall–Kier alpha value is -1.65. The van der Waals surface area contributed by atoms with Gasteiger partial charge in [0.25, 0.3) is 0 Å². The van der Waals surface area contributed by atoms with E-state index >= 15 is 0 Å². The fraction of sp³-hybridized carbons (Fsp3) is 0.474. The molecule has 0 amide bonds. The van der Waals surface area contributed by atoms with Crippen LogP contribution in [0.1, 0.15) is 31.7 Å². The number of carbonyl (C=O) groups excluding carboxylic acids is 2. The van der Waals surface area contributed by atoms with Gasteiger partial charge in [-0.3, -0.25) is 9.59 Å². The van der Waals surface area contributed by atoms with Crippen LogP contribution in [0.25, 0.3) is 6.08 Å². The molecular weight excluding hydrogens is 326 g/mol. The van der Waals surface area contributed by atoms with Gasteiger partial charge in [-0.25, -0.2) is 0 Å². The van der Waals surface area contributed by atoms with Gasteiger partial charge in [0.05, 0.1) is 12.5 Å². The van der Waals surface area contributed by atoms with Crippen molar-refractivity contribution in [1.29, 1.82) is 0 Å². The van der Waals surface area contributed by atoms with Gasteiger partial charge in [-0.15, -0.1) is 0 Å². The lowest BCUT2D eigenvalue weighted by Gasteiger charge is -2.30. The summed E-state index contributed by atoms with van der Waals surface area (Å²) in [6.07, 6.45) is 5.55. The monoisotopic (exact) mass is 349 g/mol. The van der Waals surface area contributed by atoms with Crippen LogP contribution >= 0.6 is 11.6 Å². The van der Waals surface area contributed by atoms with Crippen molar-refractivity contribution in [3.63, 3.8) is 0 Å². The molecule has 0 saturated carbocycles. The molecule has 24 heavy (non-hydrogen) atoms. The minimum absolute atomic E-state index is 0.0155. The van der Waals surface area contributed by atoms with Gasteiger partial charge in [-0.05, 0) is 56.6 Å².